The van der Waals surface area contributed by atoms with E-state index in [9.17, 15) is 20.1 Å². The topological polar surface area (TPSA) is 99.9 Å². The molecule has 7 heteroatoms. The van der Waals surface area contributed by atoms with Crippen molar-refractivity contribution >= 4 is 20.2 Å². The van der Waals surface area contributed by atoms with E-state index in [4.69, 9.17) is 4.43 Å². The summed E-state index contributed by atoms with van der Waals surface area (Å²) < 4.78 is 6.89. The lowest BCUT2D eigenvalue weighted by molar-refractivity contribution is -0.143. The lowest BCUT2D eigenvalue weighted by Crippen LogP contribution is -2.46. The molecule has 0 fully saturated rings. The Labute approximate surface area is 264 Å². The fraction of sp³-hybridized carbons (Fsp3) is 0.722. The smallest absolute Gasteiger partial charge is 0.192 e. The Morgan fingerprint density at radius 3 is 2.26 bits per heavy atom. The number of aliphatic hydroxyl groups is 3. The van der Waals surface area contributed by atoms with Gasteiger partial charge in [-0.1, -0.05) is 72.6 Å². The molecule has 246 valence electrons. The van der Waals surface area contributed by atoms with Crippen LogP contribution in [0.5, 0.6) is 0 Å². The van der Waals surface area contributed by atoms with Crippen molar-refractivity contribution in [3.63, 3.8) is 0 Å². The number of carbonyl (C=O) groups excluding carboxylic acids is 1. The molecule has 5 atom stereocenters. The summed E-state index contributed by atoms with van der Waals surface area (Å²) in [5.74, 6) is -0.688. The van der Waals surface area contributed by atoms with Crippen LogP contribution in [-0.2, 0) is 9.22 Å². The minimum absolute atomic E-state index is 0.0241. The van der Waals surface area contributed by atoms with Crippen LogP contribution in [0.3, 0.4) is 0 Å². The normalized spacial score (nSPS) is 17.3. The van der Waals surface area contributed by atoms with Crippen LogP contribution in [0, 0.1) is 17.3 Å². The molecule has 5 unspecified atom stereocenters. The van der Waals surface area contributed by atoms with Crippen molar-refractivity contribution < 1.29 is 24.5 Å². The van der Waals surface area contributed by atoms with Crippen molar-refractivity contribution in [2.24, 2.45) is 17.3 Å². The molecule has 0 radical (unpaired) electrons. The van der Waals surface area contributed by atoms with Crippen LogP contribution in [0.25, 0.3) is 6.08 Å². The molecule has 0 aromatic carbocycles. The predicted octanol–water partition coefficient (Wildman–Crippen LogP) is 8.13. The minimum Gasteiger partial charge on any atom is -0.410 e. The average molecular weight is 618 g/mol. The highest BCUT2D eigenvalue weighted by atomic mass is 28.4. The summed E-state index contributed by atoms with van der Waals surface area (Å²) in [4.78, 5) is 17.9. The van der Waals surface area contributed by atoms with E-state index in [2.05, 4.69) is 64.8 Å². The largest absolute Gasteiger partial charge is 0.410 e. The Balaban J connectivity index is 2.93. The molecule has 43 heavy (non-hydrogen) atoms. The standard InChI is InChI=1S/C36H63NO5Si/c1-12-16-30(34(41)36(8,9)32(39)22-24-38)33(40)27(3)18-15-17-26(2)20-21-31(42-43(10,11)35(5,6)7)28(4)25-29-19-13-14-23-37-29/h13-14,19-20,23,25,27,30-33,38-40H,12,15-18,21-22,24H2,1-11H3. The van der Waals surface area contributed by atoms with Crippen molar-refractivity contribution in [3.8, 4) is 0 Å². The molecule has 6 nitrogen and oxygen atoms in total. The number of allylic oxidation sites excluding steroid dienone is 1. The second kappa shape index (κ2) is 17.7. The molecule has 0 aliphatic carbocycles. The summed E-state index contributed by atoms with van der Waals surface area (Å²) in [6.07, 6.45) is 9.45. The summed E-state index contributed by atoms with van der Waals surface area (Å²) in [6.45, 7) is 23.0. The van der Waals surface area contributed by atoms with Crippen molar-refractivity contribution in [1.82, 2.24) is 4.98 Å². The van der Waals surface area contributed by atoms with Gasteiger partial charge in [-0.05, 0) is 100 Å². The number of ketones is 1. The number of pyridine rings is 1. The van der Waals surface area contributed by atoms with Crippen LogP contribution in [-0.4, -0.2) is 59.3 Å². The highest BCUT2D eigenvalue weighted by molar-refractivity contribution is 6.74. The van der Waals surface area contributed by atoms with Gasteiger partial charge in [0.1, 0.15) is 5.78 Å². The van der Waals surface area contributed by atoms with Crippen molar-refractivity contribution in [2.75, 3.05) is 6.61 Å². The van der Waals surface area contributed by atoms with Crippen LogP contribution in [0.2, 0.25) is 18.1 Å². The second-order valence-corrected chi connectivity index (χ2v) is 19.4. The fourth-order valence-corrected chi connectivity index (χ4v) is 6.57. The van der Waals surface area contributed by atoms with E-state index in [1.807, 2.05) is 38.2 Å². The first-order valence-corrected chi connectivity index (χ1v) is 19.2. The van der Waals surface area contributed by atoms with Crippen molar-refractivity contribution in [2.45, 2.75) is 144 Å². The highest BCUT2D eigenvalue weighted by Gasteiger charge is 2.42. The van der Waals surface area contributed by atoms with Gasteiger partial charge >= 0.3 is 0 Å². The van der Waals surface area contributed by atoms with E-state index >= 15 is 0 Å². The molecule has 0 amide bonds. The number of Topliss-reactive ketones (excluding diaryl/α,β-unsaturated/α-hetero) is 1. The Kier molecular flexibility index (Phi) is 16.2. The maximum Gasteiger partial charge on any atom is 0.192 e. The Hall–Kier alpha value is -1.64. The number of hydrogen-bond acceptors (Lipinski definition) is 6. The zero-order valence-electron chi connectivity index (χ0n) is 29.1. The summed E-state index contributed by atoms with van der Waals surface area (Å²) in [6, 6.07) is 5.94. The third-order valence-corrected chi connectivity index (χ3v) is 14.0. The first-order valence-electron chi connectivity index (χ1n) is 16.3. The van der Waals surface area contributed by atoms with Crippen molar-refractivity contribution in [1.29, 1.82) is 0 Å². The van der Waals surface area contributed by atoms with Crippen LogP contribution in [0.15, 0.2) is 41.6 Å². The van der Waals surface area contributed by atoms with E-state index in [0.717, 1.165) is 37.8 Å². The van der Waals surface area contributed by atoms with E-state index in [-0.39, 0.29) is 35.9 Å². The van der Waals surface area contributed by atoms with Gasteiger partial charge in [-0.2, -0.15) is 0 Å². The Bertz CT molecular complexity index is 1030. The van der Waals surface area contributed by atoms with Crippen LogP contribution < -0.4 is 0 Å². The van der Waals surface area contributed by atoms with Gasteiger partial charge in [0.2, 0.25) is 0 Å². The fourth-order valence-electron chi connectivity index (χ4n) is 5.22. The molecule has 1 rings (SSSR count). The van der Waals surface area contributed by atoms with Gasteiger partial charge in [-0.25, -0.2) is 0 Å². The van der Waals surface area contributed by atoms with Crippen LogP contribution in [0.4, 0.5) is 0 Å². The van der Waals surface area contributed by atoms with Gasteiger partial charge in [0.15, 0.2) is 8.32 Å². The molecule has 0 saturated carbocycles. The first kappa shape index (κ1) is 39.4. The molecule has 1 aromatic heterocycles. The summed E-state index contributed by atoms with van der Waals surface area (Å²) in [5.41, 5.74) is 2.38. The number of carbonyl (C=O) groups is 1. The molecule has 3 N–H and O–H groups in total. The van der Waals surface area contributed by atoms with Crippen LogP contribution in [0.1, 0.15) is 113 Å². The van der Waals surface area contributed by atoms with E-state index in [1.165, 1.54) is 11.1 Å². The van der Waals surface area contributed by atoms with E-state index in [1.54, 1.807) is 13.8 Å². The van der Waals surface area contributed by atoms with Gasteiger partial charge in [0.05, 0.1) is 24.0 Å². The van der Waals surface area contributed by atoms with E-state index < -0.39 is 31.9 Å². The Morgan fingerprint density at radius 1 is 1.07 bits per heavy atom. The minimum atomic E-state index is -2.00. The number of nitrogens with zero attached hydrogens (tertiary/aromatic N) is 1. The molecule has 1 heterocycles. The highest BCUT2D eigenvalue weighted by Crippen LogP contribution is 2.39. The van der Waals surface area contributed by atoms with Crippen LogP contribution >= 0.6 is 0 Å². The molecular formula is C36H63NO5Si. The predicted molar refractivity (Wildman–Crippen MR) is 182 cm³/mol. The number of rotatable bonds is 19. The zero-order chi connectivity index (χ0) is 33.0. The zero-order valence-corrected chi connectivity index (χ0v) is 30.1. The third-order valence-electron chi connectivity index (χ3n) is 9.53. The van der Waals surface area contributed by atoms with E-state index in [0.29, 0.717) is 6.42 Å². The molecular weight excluding hydrogens is 554 g/mol. The molecule has 0 aliphatic heterocycles. The quantitative estimate of drug-likeness (QED) is 0.107. The number of hydrogen-bond donors (Lipinski definition) is 3. The lowest BCUT2D eigenvalue weighted by atomic mass is 9.71. The lowest BCUT2D eigenvalue weighted by Gasteiger charge is -2.39. The van der Waals surface area contributed by atoms with Crippen molar-refractivity contribution in [3.05, 3.63) is 47.3 Å². The Morgan fingerprint density at radius 2 is 1.72 bits per heavy atom. The molecule has 0 saturated heterocycles. The van der Waals surface area contributed by atoms with Gasteiger partial charge in [0.25, 0.3) is 0 Å². The first-order chi connectivity index (χ1) is 19.9. The maximum atomic E-state index is 13.5. The van der Waals surface area contributed by atoms with Gasteiger partial charge in [0, 0.05) is 24.1 Å². The SMILES string of the molecule is CCCC(C(=O)C(C)(C)C(O)CCO)C(O)C(C)CCCC(C)=CCC(O[Si](C)(C)C(C)(C)C)C(C)=Cc1ccccn1. The van der Waals surface area contributed by atoms with Gasteiger partial charge < -0.3 is 19.7 Å². The number of aromatic nitrogens is 1. The average Bonchev–Trinajstić information content (AvgIpc) is 2.93. The molecule has 0 bridgehead atoms. The maximum absolute atomic E-state index is 13.5. The number of aliphatic hydroxyl groups excluding tert-OH is 3. The molecule has 0 spiro atoms. The van der Waals surface area contributed by atoms with Gasteiger partial charge in [-0.15, -0.1) is 0 Å². The van der Waals surface area contributed by atoms with Gasteiger partial charge in [-0.3, -0.25) is 9.78 Å². The third kappa shape index (κ3) is 12.3. The summed E-state index contributed by atoms with van der Waals surface area (Å²) in [7, 11) is -2.00. The second-order valence-electron chi connectivity index (χ2n) is 14.7. The summed E-state index contributed by atoms with van der Waals surface area (Å²) >= 11 is 0. The molecule has 1 aromatic rings. The molecule has 0 aliphatic rings. The monoisotopic (exact) mass is 617 g/mol. The summed E-state index contributed by atoms with van der Waals surface area (Å²) in [5, 5.41) is 31.1.